The number of thioether (sulfide) groups is 1. The second-order valence-corrected chi connectivity index (χ2v) is 11.2. The number of amides is 3. The van der Waals surface area contributed by atoms with E-state index in [0.717, 1.165) is 16.0 Å². The fourth-order valence-corrected chi connectivity index (χ4v) is 5.15. The monoisotopic (exact) mass is 593 g/mol. The molecule has 0 radical (unpaired) electrons. The van der Waals surface area contributed by atoms with E-state index in [1.807, 2.05) is 56.3 Å². The molecule has 3 amide bonds. The quantitative estimate of drug-likeness (QED) is 0.156. The third kappa shape index (κ3) is 7.84. The van der Waals surface area contributed by atoms with E-state index in [4.69, 9.17) is 9.47 Å². The molecule has 0 bridgehead atoms. The van der Waals surface area contributed by atoms with Crippen molar-refractivity contribution >= 4 is 46.9 Å². The highest BCUT2D eigenvalue weighted by Gasteiger charge is 2.18. The Morgan fingerprint density at radius 1 is 0.791 bits per heavy atom. The molecule has 1 unspecified atom stereocenters. The molecule has 1 aliphatic rings. The Labute approximate surface area is 254 Å². The maximum Gasteiger partial charge on any atom is 0.272 e. The second kappa shape index (κ2) is 13.8. The molecule has 0 saturated carbocycles. The van der Waals surface area contributed by atoms with Crippen LogP contribution in [0, 0.1) is 6.92 Å². The topological polar surface area (TPSA) is 106 Å². The minimum atomic E-state index is -0.458. The van der Waals surface area contributed by atoms with Crippen LogP contribution >= 0.6 is 11.8 Å². The molecular weight excluding hydrogens is 562 g/mol. The average molecular weight is 594 g/mol. The van der Waals surface area contributed by atoms with Crippen molar-refractivity contribution in [3.8, 4) is 11.5 Å². The summed E-state index contributed by atoms with van der Waals surface area (Å²) >= 11 is 1.39. The molecule has 1 atom stereocenters. The van der Waals surface area contributed by atoms with Crippen LogP contribution in [0.15, 0.2) is 108 Å². The van der Waals surface area contributed by atoms with E-state index in [-0.39, 0.29) is 22.8 Å². The summed E-state index contributed by atoms with van der Waals surface area (Å²) in [5.74, 6) is 0.277. The Balaban J connectivity index is 1.23. The van der Waals surface area contributed by atoms with Crippen LogP contribution in [-0.4, -0.2) is 36.2 Å². The van der Waals surface area contributed by atoms with Crippen LogP contribution in [0.3, 0.4) is 0 Å². The number of fused-ring (bicyclic) bond motifs is 1. The molecule has 4 aromatic carbocycles. The SMILES string of the molecule is Cc1ccccc1/C=C(\NC(=O)c1ccccc1)C(=O)Nc1ccc(SC(C)C(=O)Nc2ccc3c(c2)OCCO3)cc1. The van der Waals surface area contributed by atoms with Gasteiger partial charge in [0.2, 0.25) is 5.91 Å². The number of carbonyl (C=O) groups excluding carboxylic acids is 3. The molecule has 1 heterocycles. The molecule has 218 valence electrons. The lowest BCUT2D eigenvalue weighted by molar-refractivity contribution is -0.115. The van der Waals surface area contributed by atoms with Crippen LogP contribution in [0.4, 0.5) is 11.4 Å². The van der Waals surface area contributed by atoms with E-state index in [0.29, 0.717) is 41.7 Å². The number of ether oxygens (including phenoxy) is 2. The maximum atomic E-state index is 13.3. The van der Waals surface area contributed by atoms with E-state index >= 15 is 0 Å². The van der Waals surface area contributed by atoms with Gasteiger partial charge in [0.25, 0.3) is 11.8 Å². The molecule has 0 spiro atoms. The van der Waals surface area contributed by atoms with Crippen molar-refractivity contribution in [2.45, 2.75) is 24.0 Å². The summed E-state index contributed by atoms with van der Waals surface area (Å²) in [5, 5.41) is 8.17. The van der Waals surface area contributed by atoms with Gasteiger partial charge in [0, 0.05) is 27.9 Å². The number of nitrogens with one attached hydrogen (secondary N) is 3. The second-order valence-electron chi connectivity index (χ2n) is 9.82. The van der Waals surface area contributed by atoms with Gasteiger partial charge in [-0.05, 0) is 79.6 Å². The lowest BCUT2D eigenvalue weighted by Gasteiger charge is -2.19. The Hall–Kier alpha value is -5.02. The Morgan fingerprint density at radius 3 is 2.21 bits per heavy atom. The number of benzene rings is 4. The Morgan fingerprint density at radius 2 is 1.47 bits per heavy atom. The van der Waals surface area contributed by atoms with Gasteiger partial charge in [-0.1, -0.05) is 42.5 Å². The van der Waals surface area contributed by atoms with Gasteiger partial charge in [-0.2, -0.15) is 0 Å². The van der Waals surface area contributed by atoms with Gasteiger partial charge in [0.05, 0.1) is 5.25 Å². The van der Waals surface area contributed by atoms with Crippen LogP contribution in [-0.2, 0) is 9.59 Å². The Bertz CT molecular complexity index is 1650. The first-order valence-electron chi connectivity index (χ1n) is 13.8. The summed E-state index contributed by atoms with van der Waals surface area (Å²) in [7, 11) is 0. The molecule has 0 saturated heterocycles. The van der Waals surface area contributed by atoms with Crippen LogP contribution in [0.5, 0.6) is 11.5 Å². The fourth-order valence-electron chi connectivity index (χ4n) is 4.28. The van der Waals surface area contributed by atoms with Crippen molar-refractivity contribution in [2.75, 3.05) is 23.8 Å². The first-order chi connectivity index (χ1) is 20.9. The van der Waals surface area contributed by atoms with Gasteiger partial charge in [0.15, 0.2) is 11.5 Å². The molecule has 0 aromatic heterocycles. The largest absolute Gasteiger partial charge is 0.486 e. The summed E-state index contributed by atoms with van der Waals surface area (Å²) in [4.78, 5) is 39.9. The highest BCUT2D eigenvalue weighted by molar-refractivity contribution is 8.00. The standard InChI is InChI=1S/C34H31N3O5S/c1-22-8-6-7-11-25(22)20-29(37-33(39)24-9-4-3-5-10-24)34(40)35-26-12-15-28(16-13-26)43-23(2)32(38)36-27-14-17-30-31(21-27)42-19-18-41-30/h3-17,20-21,23H,18-19H2,1-2H3,(H,35,40)(H,36,38)(H,37,39)/b29-20-. The third-order valence-corrected chi connectivity index (χ3v) is 7.73. The fraction of sp³-hybridized carbons (Fsp3) is 0.147. The van der Waals surface area contributed by atoms with Crippen LogP contribution in [0.25, 0.3) is 6.08 Å². The zero-order valence-corrected chi connectivity index (χ0v) is 24.6. The smallest absolute Gasteiger partial charge is 0.272 e. The zero-order chi connectivity index (χ0) is 30.2. The van der Waals surface area contributed by atoms with Crippen molar-refractivity contribution in [2.24, 2.45) is 0 Å². The molecular formula is C34H31N3O5S. The van der Waals surface area contributed by atoms with E-state index < -0.39 is 5.91 Å². The van der Waals surface area contributed by atoms with Crippen molar-refractivity contribution in [1.29, 1.82) is 0 Å². The number of aryl methyl sites for hydroxylation is 1. The minimum absolute atomic E-state index is 0.117. The molecule has 1 aliphatic heterocycles. The minimum Gasteiger partial charge on any atom is -0.486 e. The number of hydrogen-bond donors (Lipinski definition) is 3. The molecule has 43 heavy (non-hydrogen) atoms. The Kier molecular flexibility index (Phi) is 9.43. The zero-order valence-electron chi connectivity index (χ0n) is 23.8. The predicted octanol–water partition coefficient (Wildman–Crippen LogP) is 6.30. The summed E-state index contributed by atoms with van der Waals surface area (Å²) < 4.78 is 11.1. The van der Waals surface area contributed by atoms with Crippen molar-refractivity contribution in [1.82, 2.24) is 5.32 Å². The molecule has 8 nitrogen and oxygen atoms in total. The van der Waals surface area contributed by atoms with Gasteiger partial charge in [-0.15, -0.1) is 11.8 Å². The van der Waals surface area contributed by atoms with Crippen LogP contribution < -0.4 is 25.4 Å². The number of hydrogen-bond acceptors (Lipinski definition) is 6. The molecule has 9 heteroatoms. The molecule has 5 rings (SSSR count). The van der Waals surface area contributed by atoms with Gasteiger partial charge in [0.1, 0.15) is 18.9 Å². The van der Waals surface area contributed by atoms with Gasteiger partial charge >= 0.3 is 0 Å². The third-order valence-electron chi connectivity index (χ3n) is 6.62. The first-order valence-corrected chi connectivity index (χ1v) is 14.7. The van der Waals surface area contributed by atoms with E-state index in [1.165, 1.54) is 11.8 Å². The summed E-state index contributed by atoms with van der Waals surface area (Å²) in [5.41, 5.74) is 3.53. The highest BCUT2D eigenvalue weighted by Crippen LogP contribution is 2.33. The van der Waals surface area contributed by atoms with Gasteiger partial charge in [-0.25, -0.2) is 0 Å². The van der Waals surface area contributed by atoms with E-state index in [2.05, 4.69) is 16.0 Å². The van der Waals surface area contributed by atoms with E-state index in [1.54, 1.807) is 60.7 Å². The van der Waals surface area contributed by atoms with Crippen LogP contribution in [0.1, 0.15) is 28.4 Å². The van der Waals surface area contributed by atoms with Gasteiger partial charge in [-0.3, -0.25) is 14.4 Å². The van der Waals surface area contributed by atoms with Crippen molar-refractivity contribution in [3.63, 3.8) is 0 Å². The van der Waals surface area contributed by atoms with Gasteiger partial charge < -0.3 is 25.4 Å². The van der Waals surface area contributed by atoms with E-state index in [9.17, 15) is 14.4 Å². The molecule has 0 aliphatic carbocycles. The van der Waals surface area contributed by atoms with Crippen molar-refractivity contribution < 1.29 is 23.9 Å². The number of anilines is 2. The highest BCUT2D eigenvalue weighted by atomic mass is 32.2. The molecule has 3 N–H and O–H groups in total. The predicted molar refractivity (Wildman–Crippen MR) is 170 cm³/mol. The lowest BCUT2D eigenvalue weighted by atomic mass is 10.1. The normalized spacial score (nSPS) is 13.0. The summed E-state index contributed by atoms with van der Waals surface area (Å²) in [6.45, 7) is 4.74. The molecule has 4 aromatic rings. The van der Waals surface area contributed by atoms with Crippen molar-refractivity contribution in [3.05, 3.63) is 119 Å². The summed E-state index contributed by atoms with van der Waals surface area (Å²) in [6.07, 6.45) is 1.66. The first kappa shape index (κ1) is 29.5. The maximum absolute atomic E-state index is 13.3. The number of rotatable bonds is 9. The average Bonchev–Trinajstić information content (AvgIpc) is 3.03. The summed E-state index contributed by atoms with van der Waals surface area (Å²) in [6, 6.07) is 28.8. The molecule has 0 fully saturated rings. The number of carbonyl (C=O) groups is 3. The lowest BCUT2D eigenvalue weighted by Crippen LogP contribution is -2.30. The van der Waals surface area contributed by atoms with Crippen LogP contribution in [0.2, 0.25) is 0 Å².